The molecule has 2 unspecified atom stereocenters. The molecule has 1 heterocycles. The van der Waals surface area contributed by atoms with Crippen LogP contribution in [0.4, 0.5) is 0 Å². The molecule has 1 aliphatic carbocycles. The van der Waals surface area contributed by atoms with Crippen molar-refractivity contribution in [3.8, 4) is 0 Å². The minimum absolute atomic E-state index is 0.284. The van der Waals surface area contributed by atoms with E-state index in [9.17, 15) is 0 Å². The maximum atomic E-state index is 6.18. The first-order valence-corrected chi connectivity index (χ1v) is 7.83. The van der Waals surface area contributed by atoms with Gasteiger partial charge in [-0.15, -0.1) is 0 Å². The quantitative estimate of drug-likeness (QED) is 0.937. The molecule has 1 aliphatic rings. The Bertz CT molecular complexity index is 576. The van der Waals surface area contributed by atoms with Crippen LogP contribution in [0, 0.1) is 12.8 Å². The molecule has 4 nitrogen and oxygen atoms in total. The third-order valence-electron chi connectivity index (χ3n) is 4.40. The van der Waals surface area contributed by atoms with Crippen LogP contribution in [0.1, 0.15) is 48.5 Å². The number of hydrogen-bond donors (Lipinski definition) is 1. The summed E-state index contributed by atoms with van der Waals surface area (Å²) >= 11 is 0. The van der Waals surface area contributed by atoms with Gasteiger partial charge in [-0.05, 0) is 31.2 Å². The SMILES string of the molecule is Cc1ccc(Cc2noc(CC3CCCCC3N)n2)cc1. The maximum absolute atomic E-state index is 6.18. The average molecular weight is 285 g/mol. The van der Waals surface area contributed by atoms with Gasteiger partial charge in [-0.25, -0.2) is 0 Å². The van der Waals surface area contributed by atoms with Crippen LogP contribution in [0.5, 0.6) is 0 Å². The standard InChI is InChI=1S/C17H23N3O/c1-12-6-8-13(9-7-12)10-16-19-17(21-20-16)11-14-4-2-3-5-15(14)18/h6-9,14-15H,2-5,10-11,18H2,1H3. The highest BCUT2D eigenvalue weighted by Gasteiger charge is 2.24. The molecule has 2 N–H and O–H groups in total. The first-order valence-electron chi connectivity index (χ1n) is 7.83. The van der Waals surface area contributed by atoms with E-state index >= 15 is 0 Å². The molecule has 0 radical (unpaired) electrons. The van der Waals surface area contributed by atoms with E-state index in [-0.39, 0.29) is 6.04 Å². The summed E-state index contributed by atoms with van der Waals surface area (Å²) in [7, 11) is 0. The van der Waals surface area contributed by atoms with E-state index in [1.165, 1.54) is 30.4 Å². The minimum atomic E-state index is 0.284. The molecular formula is C17H23N3O. The minimum Gasteiger partial charge on any atom is -0.339 e. The van der Waals surface area contributed by atoms with Crippen LogP contribution in [-0.2, 0) is 12.8 Å². The van der Waals surface area contributed by atoms with E-state index < -0.39 is 0 Å². The highest BCUT2D eigenvalue weighted by Crippen LogP contribution is 2.25. The van der Waals surface area contributed by atoms with Crippen molar-refractivity contribution in [1.82, 2.24) is 10.1 Å². The summed E-state index contributed by atoms with van der Waals surface area (Å²) in [5.74, 6) is 1.99. The number of aryl methyl sites for hydroxylation is 1. The number of aromatic nitrogens is 2. The Balaban J connectivity index is 1.61. The van der Waals surface area contributed by atoms with Crippen LogP contribution in [0.2, 0.25) is 0 Å². The fraction of sp³-hybridized carbons (Fsp3) is 0.529. The number of nitrogens with zero attached hydrogens (tertiary/aromatic N) is 2. The van der Waals surface area contributed by atoms with E-state index in [2.05, 4.69) is 41.3 Å². The Morgan fingerprint density at radius 1 is 1.19 bits per heavy atom. The zero-order valence-corrected chi connectivity index (χ0v) is 12.6. The van der Waals surface area contributed by atoms with Crippen LogP contribution in [0.25, 0.3) is 0 Å². The van der Waals surface area contributed by atoms with Gasteiger partial charge in [0.05, 0.1) is 0 Å². The van der Waals surface area contributed by atoms with Gasteiger partial charge in [0.1, 0.15) is 0 Å². The van der Waals surface area contributed by atoms with Gasteiger partial charge in [0.15, 0.2) is 5.82 Å². The molecule has 2 aromatic rings. The normalized spacial score (nSPS) is 22.4. The van der Waals surface area contributed by atoms with Crippen molar-refractivity contribution >= 4 is 0 Å². The first-order chi connectivity index (χ1) is 10.2. The molecule has 0 aliphatic heterocycles. The summed E-state index contributed by atoms with van der Waals surface area (Å²) < 4.78 is 5.39. The predicted molar refractivity (Wildman–Crippen MR) is 81.9 cm³/mol. The Morgan fingerprint density at radius 3 is 2.71 bits per heavy atom. The molecular weight excluding hydrogens is 262 g/mol. The van der Waals surface area contributed by atoms with Crippen molar-refractivity contribution < 1.29 is 4.52 Å². The molecule has 3 rings (SSSR count). The van der Waals surface area contributed by atoms with Crippen molar-refractivity contribution in [2.24, 2.45) is 11.7 Å². The van der Waals surface area contributed by atoms with Crippen LogP contribution in [0.15, 0.2) is 28.8 Å². The number of hydrogen-bond acceptors (Lipinski definition) is 4. The van der Waals surface area contributed by atoms with Gasteiger partial charge in [0.25, 0.3) is 0 Å². The zero-order valence-electron chi connectivity index (χ0n) is 12.6. The summed E-state index contributed by atoms with van der Waals surface area (Å²) in [6, 6.07) is 8.73. The van der Waals surface area contributed by atoms with Crippen LogP contribution in [-0.4, -0.2) is 16.2 Å². The van der Waals surface area contributed by atoms with Crippen molar-refractivity contribution in [2.75, 3.05) is 0 Å². The lowest BCUT2D eigenvalue weighted by molar-refractivity contribution is 0.273. The van der Waals surface area contributed by atoms with Gasteiger partial charge in [-0.1, -0.05) is 47.8 Å². The fourth-order valence-electron chi connectivity index (χ4n) is 3.05. The second kappa shape index (κ2) is 6.39. The third kappa shape index (κ3) is 3.70. The van der Waals surface area contributed by atoms with Crippen LogP contribution >= 0.6 is 0 Å². The summed E-state index contributed by atoms with van der Waals surface area (Å²) in [5.41, 5.74) is 8.65. The van der Waals surface area contributed by atoms with Gasteiger partial charge in [-0.2, -0.15) is 4.98 Å². The van der Waals surface area contributed by atoms with Gasteiger partial charge < -0.3 is 10.3 Å². The first kappa shape index (κ1) is 14.3. The highest BCUT2D eigenvalue weighted by molar-refractivity contribution is 5.23. The molecule has 0 bridgehead atoms. The lowest BCUT2D eigenvalue weighted by Gasteiger charge is -2.27. The number of nitrogens with two attached hydrogens (primary N) is 1. The third-order valence-corrected chi connectivity index (χ3v) is 4.40. The van der Waals surface area contributed by atoms with Crippen molar-refractivity contribution in [3.63, 3.8) is 0 Å². The van der Waals surface area contributed by atoms with E-state index in [1.54, 1.807) is 0 Å². The molecule has 1 aromatic heterocycles. The molecule has 112 valence electrons. The maximum Gasteiger partial charge on any atom is 0.226 e. The molecule has 21 heavy (non-hydrogen) atoms. The number of benzene rings is 1. The highest BCUT2D eigenvalue weighted by atomic mass is 16.5. The summed E-state index contributed by atoms with van der Waals surface area (Å²) in [4.78, 5) is 4.52. The molecule has 1 fully saturated rings. The van der Waals surface area contributed by atoms with E-state index in [0.29, 0.717) is 5.92 Å². The lowest BCUT2D eigenvalue weighted by Crippen LogP contribution is -2.34. The topological polar surface area (TPSA) is 64.9 Å². The van der Waals surface area contributed by atoms with Crippen LogP contribution in [0.3, 0.4) is 0 Å². The second-order valence-corrected chi connectivity index (χ2v) is 6.18. The smallest absolute Gasteiger partial charge is 0.226 e. The van der Waals surface area contributed by atoms with E-state index in [4.69, 9.17) is 10.3 Å². The molecule has 1 saturated carbocycles. The Morgan fingerprint density at radius 2 is 1.95 bits per heavy atom. The molecule has 0 saturated heterocycles. The summed E-state index contributed by atoms with van der Waals surface area (Å²) in [5, 5.41) is 4.10. The second-order valence-electron chi connectivity index (χ2n) is 6.18. The summed E-state index contributed by atoms with van der Waals surface area (Å²) in [6.45, 7) is 2.09. The Labute approximate surface area is 125 Å². The van der Waals surface area contributed by atoms with Gasteiger partial charge >= 0.3 is 0 Å². The molecule has 0 amide bonds. The largest absolute Gasteiger partial charge is 0.339 e. The molecule has 4 heteroatoms. The van der Waals surface area contributed by atoms with E-state index in [0.717, 1.165) is 31.0 Å². The monoisotopic (exact) mass is 285 g/mol. The molecule has 1 aromatic carbocycles. The fourth-order valence-corrected chi connectivity index (χ4v) is 3.05. The molecule has 0 spiro atoms. The van der Waals surface area contributed by atoms with Crippen LogP contribution < -0.4 is 5.73 Å². The Hall–Kier alpha value is -1.68. The number of rotatable bonds is 4. The average Bonchev–Trinajstić information content (AvgIpc) is 2.91. The molecule has 2 atom stereocenters. The van der Waals surface area contributed by atoms with Gasteiger partial charge in [-0.3, -0.25) is 0 Å². The van der Waals surface area contributed by atoms with E-state index in [1.807, 2.05) is 0 Å². The van der Waals surface area contributed by atoms with Gasteiger partial charge in [0.2, 0.25) is 5.89 Å². The Kier molecular flexibility index (Phi) is 4.34. The van der Waals surface area contributed by atoms with Crippen molar-refractivity contribution in [1.29, 1.82) is 0 Å². The predicted octanol–water partition coefficient (Wildman–Crippen LogP) is 3.03. The lowest BCUT2D eigenvalue weighted by atomic mass is 9.83. The summed E-state index contributed by atoms with van der Waals surface area (Å²) in [6.07, 6.45) is 6.36. The van der Waals surface area contributed by atoms with Crippen molar-refractivity contribution in [2.45, 2.75) is 51.5 Å². The zero-order chi connectivity index (χ0) is 14.7. The van der Waals surface area contributed by atoms with Gasteiger partial charge in [0, 0.05) is 18.9 Å². The van der Waals surface area contributed by atoms with Crippen molar-refractivity contribution in [3.05, 3.63) is 47.1 Å².